The number of aromatic amines is 2. The van der Waals surface area contributed by atoms with Crippen molar-refractivity contribution in [1.29, 1.82) is 0 Å². The molecule has 0 bridgehead atoms. The lowest BCUT2D eigenvalue weighted by Gasteiger charge is -2.27. The van der Waals surface area contributed by atoms with Crippen LogP contribution in [0.4, 0.5) is 4.79 Å². The Labute approximate surface area is 309 Å². The number of amides is 3. The Hall–Kier alpha value is -5.23. The largest absolute Gasteiger partial charge is 0.453 e. The number of rotatable bonds is 10. The number of nitrogens with two attached hydrogens (primary N) is 1. The summed E-state index contributed by atoms with van der Waals surface area (Å²) in [6.45, 7) is 8.45. The molecule has 3 amide bonds. The number of fused-ring (bicyclic) bond motifs is 3. The van der Waals surface area contributed by atoms with Gasteiger partial charge in [0.05, 0.1) is 42.1 Å². The SMILES string of the molecule is COC(=O)N[C@H](C(=O)N[C@H]1CCC[C@@H]1c1nc2c(ccc3cc(-c4ccc(-c5cnc([C@@H]6CCCN6C(=O)[C@@H](N)C(C)C)[nH]5)cc4)ccc32)[nH]1)C(C)C. The number of nitrogens with zero attached hydrogens (tertiary/aromatic N) is 3. The molecule has 0 radical (unpaired) electrons. The number of methoxy groups -OCH3 is 1. The number of benzene rings is 3. The molecule has 5 aromatic rings. The summed E-state index contributed by atoms with van der Waals surface area (Å²) >= 11 is 0. The van der Waals surface area contributed by atoms with Gasteiger partial charge >= 0.3 is 6.09 Å². The first-order valence-electron chi connectivity index (χ1n) is 18.8. The number of carbonyl (C=O) groups excluding carboxylic acids is 3. The summed E-state index contributed by atoms with van der Waals surface area (Å²) in [6, 6.07) is 17.7. The number of likely N-dealkylation sites (tertiary alicyclic amines) is 1. The molecule has 278 valence electrons. The van der Waals surface area contributed by atoms with E-state index in [1.54, 1.807) is 0 Å². The highest BCUT2D eigenvalue weighted by Gasteiger charge is 2.36. The standard InChI is InChI=1S/C41H50N8O4/c1-22(2)34(42)40(51)49-19-7-10-33(49)38-43-21-32(45-38)25-13-11-24(12-14-25)26-15-17-28-27(20-26)16-18-31-36(28)47-37(44-31)29-8-6-9-30(29)46-39(50)35(23(3)4)48-41(52)53-5/h11-18,20-23,29-30,33-35H,6-10,19,42H2,1-5H3,(H,43,45)(H,44,47)(H,46,50)(H,48,52)/t29-,30-,33-,34-,35-/m0/s1. The Morgan fingerprint density at radius 1 is 0.887 bits per heavy atom. The van der Waals surface area contributed by atoms with E-state index in [0.717, 1.165) is 87.9 Å². The van der Waals surface area contributed by atoms with Gasteiger partial charge in [0.15, 0.2) is 0 Å². The summed E-state index contributed by atoms with van der Waals surface area (Å²) < 4.78 is 4.74. The third kappa shape index (κ3) is 7.24. The van der Waals surface area contributed by atoms with Crippen molar-refractivity contribution in [2.75, 3.05) is 13.7 Å². The molecule has 5 atom stereocenters. The minimum Gasteiger partial charge on any atom is -0.453 e. The highest BCUT2D eigenvalue weighted by Crippen LogP contribution is 2.37. The van der Waals surface area contributed by atoms with Crippen molar-refractivity contribution in [1.82, 2.24) is 35.5 Å². The third-order valence-electron chi connectivity index (χ3n) is 11.1. The van der Waals surface area contributed by atoms with Crippen LogP contribution in [-0.2, 0) is 14.3 Å². The van der Waals surface area contributed by atoms with Gasteiger partial charge < -0.3 is 36.0 Å². The van der Waals surface area contributed by atoms with Gasteiger partial charge in [-0.2, -0.15) is 0 Å². The Balaban J connectivity index is 1.06. The summed E-state index contributed by atoms with van der Waals surface area (Å²) in [5.74, 6) is 1.47. The van der Waals surface area contributed by atoms with Crippen molar-refractivity contribution >= 4 is 39.7 Å². The van der Waals surface area contributed by atoms with E-state index in [2.05, 4.69) is 80.2 Å². The maximum Gasteiger partial charge on any atom is 0.407 e. The second kappa shape index (κ2) is 15.0. The molecule has 1 aliphatic heterocycles. The van der Waals surface area contributed by atoms with Crippen molar-refractivity contribution in [2.24, 2.45) is 17.6 Å². The molecule has 7 rings (SSSR count). The van der Waals surface area contributed by atoms with E-state index in [-0.39, 0.29) is 41.7 Å². The fourth-order valence-corrected chi connectivity index (χ4v) is 7.92. The van der Waals surface area contributed by atoms with Crippen LogP contribution >= 0.6 is 0 Å². The van der Waals surface area contributed by atoms with Gasteiger partial charge in [-0.05, 0) is 71.7 Å². The van der Waals surface area contributed by atoms with Crippen molar-refractivity contribution in [3.05, 3.63) is 72.4 Å². The first kappa shape index (κ1) is 36.1. The second-order valence-corrected chi connectivity index (χ2v) is 15.2. The van der Waals surface area contributed by atoms with E-state index >= 15 is 0 Å². The predicted molar refractivity (Wildman–Crippen MR) is 206 cm³/mol. The van der Waals surface area contributed by atoms with Gasteiger partial charge in [-0.25, -0.2) is 14.8 Å². The maximum atomic E-state index is 13.2. The van der Waals surface area contributed by atoms with Crippen LogP contribution in [0.5, 0.6) is 0 Å². The number of aromatic nitrogens is 4. The molecular formula is C41H50N8O4. The summed E-state index contributed by atoms with van der Waals surface area (Å²) in [5.41, 5.74) is 12.2. The normalized spacial score (nSPS) is 20.0. The lowest BCUT2D eigenvalue weighted by atomic mass is 9.99. The second-order valence-electron chi connectivity index (χ2n) is 15.2. The number of nitrogens with one attached hydrogen (secondary N) is 4. The zero-order valence-corrected chi connectivity index (χ0v) is 31.1. The molecule has 2 aromatic heterocycles. The molecule has 3 heterocycles. The van der Waals surface area contributed by atoms with E-state index in [9.17, 15) is 14.4 Å². The van der Waals surface area contributed by atoms with Crippen molar-refractivity contribution in [3.63, 3.8) is 0 Å². The van der Waals surface area contributed by atoms with Gasteiger partial charge in [0, 0.05) is 23.9 Å². The minimum atomic E-state index is -0.687. The van der Waals surface area contributed by atoms with Crippen LogP contribution in [0.15, 0.2) is 60.8 Å². The fraction of sp³-hybridized carbons (Fsp3) is 0.439. The summed E-state index contributed by atoms with van der Waals surface area (Å²) in [6.07, 6.45) is 5.75. The van der Waals surface area contributed by atoms with Crippen LogP contribution in [0.25, 0.3) is 44.2 Å². The molecule has 12 nitrogen and oxygen atoms in total. The van der Waals surface area contributed by atoms with Gasteiger partial charge in [-0.1, -0.05) is 76.6 Å². The molecule has 1 aliphatic carbocycles. The third-order valence-corrected chi connectivity index (χ3v) is 11.1. The maximum absolute atomic E-state index is 13.2. The Morgan fingerprint density at radius 2 is 1.64 bits per heavy atom. The number of H-pyrrole nitrogens is 2. The van der Waals surface area contributed by atoms with Crippen LogP contribution in [0.1, 0.15) is 83.4 Å². The van der Waals surface area contributed by atoms with Gasteiger partial charge in [-0.3, -0.25) is 9.59 Å². The van der Waals surface area contributed by atoms with E-state index in [0.29, 0.717) is 6.54 Å². The molecule has 0 unspecified atom stereocenters. The summed E-state index contributed by atoms with van der Waals surface area (Å²) in [5, 5.41) is 8.01. The molecule has 6 N–H and O–H groups in total. The molecule has 0 spiro atoms. The van der Waals surface area contributed by atoms with Gasteiger partial charge in [0.25, 0.3) is 0 Å². The lowest BCUT2D eigenvalue weighted by molar-refractivity contribution is -0.134. The Kier molecular flexibility index (Phi) is 10.2. The first-order chi connectivity index (χ1) is 25.5. The molecule has 2 fully saturated rings. The number of hydrogen-bond acceptors (Lipinski definition) is 7. The lowest BCUT2D eigenvalue weighted by Crippen LogP contribution is -2.52. The summed E-state index contributed by atoms with van der Waals surface area (Å²) in [4.78, 5) is 56.9. The van der Waals surface area contributed by atoms with Gasteiger partial charge in [-0.15, -0.1) is 0 Å². The van der Waals surface area contributed by atoms with Crippen LogP contribution in [0.2, 0.25) is 0 Å². The van der Waals surface area contributed by atoms with Crippen molar-refractivity contribution in [2.45, 2.75) is 89.9 Å². The molecular weight excluding hydrogens is 669 g/mol. The number of ether oxygens (including phenoxy) is 1. The first-order valence-corrected chi connectivity index (χ1v) is 18.8. The average molecular weight is 719 g/mol. The van der Waals surface area contributed by atoms with E-state index in [1.807, 2.05) is 38.8 Å². The van der Waals surface area contributed by atoms with E-state index in [4.69, 9.17) is 15.5 Å². The topological polar surface area (TPSA) is 171 Å². The van der Waals surface area contributed by atoms with Crippen LogP contribution in [-0.4, -0.2) is 74.5 Å². The van der Waals surface area contributed by atoms with E-state index in [1.165, 1.54) is 7.11 Å². The molecule has 1 saturated heterocycles. The molecule has 53 heavy (non-hydrogen) atoms. The molecule has 3 aromatic carbocycles. The minimum absolute atomic E-state index is 0.00984. The van der Waals surface area contributed by atoms with E-state index < -0.39 is 18.2 Å². The Morgan fingerprint density at radius 3 is 2.38 bits per heavy atom. The zero-order valence-electron chi connectivity index (χ0n) is 31.1. The fourth-order valence-electron chi connectivity index (χ4n) is 7.92. The highest BCUT2D eigenvalue weighted by molar-refractivity contribution is 6.05. The molecule has 2 aliphatic rings. The summed E-state index contributed by atoms with van der Waals surface area (Å²) in [7, 11) is 1.29. The number of imidazole rings is 2. The van der Waals surface area contributed by atoms with Crippen LogP contribution in [0.3, 0.4) is 0 Å². The predicted octanol–water partition coefficient (Wildman–Crippen LogP) is 6.55. The van der Waals surface area contributed by atoms with Crippen LogP contribution < -0.4 is 16.4 Å². The number of hydrogen-bond donors (Lipinski definition) is 5. The Bertz CT molecular complexity index is 2120. The smallest absolute Gasteiger partial charge is 0.407 e. The van der Waals surface area contributed by atoms with Crippen molar-refractivity contribution < 1.29 is 19.1 Å². The monoisotopic (exact) mass is 718 g/mol. The quantitative estimate of drug-likeness (QED) is 0.109. The highest BCUT2D eigenvalue weighted by atomic mass is 16.5. The number of carbonyl (C=O) groups is 3. The van der Waals surface area contributed by atoms with Crippen molar-refractivity contribution in [3.8, 4) is 22.4 Å². The van der Waals surface area contributed by atoms with Gasteiger partial charge in [0.1, 0.15) is 17.7 Å². The molecule has 1 saturated carbocycles. The number of alkyl carbamates (subject to hydrolysis) is 1. The van der Waals surface area contributed by atoms with Gasteiger partial charge in [0.2, 0.25) is 11.8 Å². The zero-order chi connectivity index (χ0) is 37.4. The average Bonchev–Trinajstić information content (AvgIpc) is 3.99. The molecule has 12 heteroatoms. The van der Waals surface area contributed by atoms with Crippen LogP contribution in [0, 0.1) is 11.8 Å².